The third-order valence-corrected chi connectivity index (χ3v) is 7.32. The second kappa shape index (κ2) is 9.82. The van der Waals surface area contributed by atoms with Gasteiger partial charge in [0.2, 0.25) is 9.84 Å². The van der Waals surface area contributed by atoms with Crippen molar-refractivity contribution in [3.05, 3.63) is 101 Å². The number of allylic oxidation sites excluding steroid dienone is 1. The van der Waals surface area contributed by atoms with E-state index in [0.717, 1.165) is 44.0 Å². The summed E-state index contributed by atoms with van der Waals surface area (Å²) >= 11 is 0. The van der Waals surface area contributed by atoms with E-state index >= 15 is 0 Å². The first-order valence-corrected chi connectivity index (χ1v) is 12.1. The molecule has 0 amide bonds. The lowest BCUT2D eigenvalue weighted by Crippen LogP contribution is -2.46. The Morgan fingerprint density at radius 1 is 0.844 bits per heavy atom. The standard InChI is InChI=1S/C26H25N3O2S/c27-20-25(32(30,31)24-12-5-2-6-13-24)19-23-11-7-8-14-26(23)29-17-15-28(16-18-29)21-22-9-3-1-4-10-22/h1-14,19H,15-18,21H2. The van der Waals surface area contributed by atoms with Gasteiger partial charge in [-0.25, -0.2) is 8.42 Å². The number of para-hydroxylation sites is 1. The lowest BCUT2D eigenvalue weighted by molar-refractivity contribution is 0.250. The molecule has 1 aliphatic rings. The average molecular weight is 444 g/mol. The van der Waals surface area contributed by atoms with Crippen molar-refractivity contribution in [2.45, 2.75) is 11.4 Å². The lowest BCUT2D eigenvalue weighted by atomic mass is 10.1. The van der Waals surface area contributed by atoms with Crippen LogP contribution in [0.2, 0.25) is 0 Å². The Balaban J connectivity index is 1.54. The minimum atomic E-state index is -3.87. The second-order valence-corrected chi connectivity index (χ2v) is 9.66. The maximum atomic E-state index is 13.0. The molecule has 3 aromatic carbocycles. The molecule has 0 bridgehead atoms. The van der Waals surface area contributed by atoms with Crippen LogP contribution >= 0.6 is 0 Å². The van der Waals surface area contributed by atoms with Crippen molar-refractivity contribution >= 4 is 21.6 Å². The van der Waals surface area contributed by atoms with Crippen LogP contribution in [0.1, 0.15) is 11.1 Å². The van der Waals surface area contributed by atoms with Crippen LogP contribution < -0.4 is 4.90 Å². The second-order valence-electron chi connectivity index (χ2n) is 7.74. The fourth-order valence-corrected chi connectivity index (χ4v) is 5.10. The van der Waals surface area contributed by atoms with E-state index in [1.54, 1.807) is 18.2 Å². The first-order chi connectivity index (χ1) is 15.6. The first-order valence-electron chi connectivity index (χ1n) is 10.6. The molecule has 1 heterocycles. The van der Waals surface area contributed by atoms with Gasteiger partial charge in [0, 0.05) is 38.4 Å². The predicted molar refractivity (Wildman–Crippen MR) is 128 cm³/mol. The Labute approximate surface area is 189 Å². The van der Waals surface area contributed by atoms with E-state index in [2.05, 4.69) is 34.1 Å². The summed E-state index contributed by atoms with van der Waals surface area (Å²) in [6.45, 7) is 4.43. The van der Waals surface area contributed by atoms with Crippen LogP contribution in [0.4, 0.5) is 5.69 Å². The number of hydrogen-bond acceptors (Lipinski definition) is 5. The van der Waals surface area contributed by atoms with Crippen molar-refractivity contribution in [2.75, 3.05) is 31.1 Å². The summed E-state index contributed by atoms with van der Waals surface area (Å²) in [5.41, 5.74) is 2.98. The maximum Gasteiger partial charge on any atom is 0.216 e. The fourth-order valence-electron chi connectivity index (χ4n) is 3.92. The molecule has 5 nitrogen and oxygen atoms in total. The summed E-state index contributed by atoms with van der Waals surface area (Å²) in [5, 5.41) is 9.64. The fraction of sp³-hybridized carbons (Fsp3) is 0.192. The Kier molecular flexibility index (Phi) is 6.69. The Morgan fingerprint density at radius 2 is 1.44 bits per heavy atom. The molecule has 1 fully saturated rings. The Bertz CT molecular complexity index is 1220. The minimum absolute atomic E-state index is 0.125. The molecule has 0 unspecified atom stereocenters. The molecule has 0 saturated carbocycles. The molecule has 0 N–H and O–H groups in total. The molecular formula is C26H25N3O2S. The third-order valence-electron chi connectivity index (χ3n) is 5.64. The van der Waals surface area contributed by atoms with Crippen LogP contribution in [0.5, 0.6) is 0 Å². The summed E-state index contributed by atoms with van der Waals surface area (Å²) in [5.74, 6) is 0. The van der Waals surface area contributed by atoms with Gasteiger partial charge in [0.25, 0.3) is 0 Å². The van der Waals surface area contributed by atoms with Gasteiger partial charge in [-0.1, -0.05) is 66.7 Å². The zero-order valence-electron chi connectivity index (χ0n) is 17.8. The summed E-state index contributed by atoms with van der Waals surface area (Å²) in [4.78, 5) is 4.56. The lowest BCUT2D eigenvalue weighted by Gasteiger charge is -2.36. The van der Waals surface area contributed by atoms with Crippen LogP contribution in [0.15, 0.2) is 94.7 Å². The number of rotatable bonds is 6. The van der Waals surface area contributed by atoms with E-state index in [-0.39, 0.29) is 9.80 Å². The zero-order valence-corrected chi connectivity index (χ0v) is 18.6. The number of hydrogen-bond donors (Lipinski definition) is 0. The van der Waals surface area contributed by atoms with Crippen LogP contribution in [-0.2, 0) is 16.4 Å². The highest BCUT2D eigenvalue weighted by Crippen LogP contribution is 2.27. The summed E-state index contributed by atoms with van der Waals surface area (Å²) in [6, 6.07) is 28.1. The molecule has 0 aromatic heterocycles. The van der Waals surface area contributed by atoms with Gasteiger partial charge < -0.3 is 4.90 Å². The van der Waals surface area contributed by atoms with E-state index in [0.29, 0.717) is 0 Å². The first kappa shape index (κ1) is 21.8. The quantitative estimate of drug-likeness (QED) is 0.530. The Morgan fingerprint density at radius 3 is 2.09 bits per heavy atom. The molecule has 0 radical (unpaired) electrons. The molecule has 0 atom stereocenters. The average Bonchev–Trinajstić information content (AvgIpc) is 2.84. The van der Waals surface area contributed by atoms with E-state index in [1.807, 2.05) is 36.4 Å². The minimum Gasteiger partial charge on any atom is -0.368 e. The van der Waals surface area contributed by atoms with Crippen molar-refractivity contribution in [3.8, 4) is 6.07 Å². The molecule has 4 rings (SSSR count). The predicted octanol–water partition coefficient (Wildman–Crippen LogP) is 4.35. The van der Waals surface area contributed by atoms with E-state index in [9.17, 15) is 13.7 Å². The highest BCUT2D eigenvalue weighted by Gasteiger charge is 2.23. The van der Waals surface area contributed by atoms with Gasteiger partial charge in [-0.2, -0.15) is 5.26 Å². The molecule has 0 spiro atoms. The molecule has 32 heavy (non-hydrogen) atoms. The van der Waals surface area contributed by atoms with E-state index in [4.69, 9.17) is 0 Å². The smallest absolute Gasteiger partial charge is 0.216 e. The van der Waals surface area contributed by atoms with Crippen LogP contribution in [0, 0.1) is 11.3 Å². The van der Waals surface area contributed by atoms with Gasteiger partial charge >= 0.3 is 0 Å². The summed E-state index contributed by atoms with van der Waals surface area (Å²) in [6.07, 6.45) is 1.49. The third kappa shape index (κ3) is 4.91. The molecule has 3 aromatic rings. The van der Waals surface area contributed by atoms with E-state index < -0.39 is 9.84 Å². The molecule has 0 aliphatic carbocycles. The maximum absolute atomic E-state index is 13.0. The largest absolute Gasteiger partial charge is 0.368 e. The molecule has 1 saturated heterocycles. The number of sulfone groups is 1. The highest BCUT2D eigenvalue weighted by atomic mass is 32.2. The van der Waals surface area contributed by atoms with E-state index in [1.165, 1.54) is 23.8 Å². The van der Waals surface area contributed by atoms with Crippen LogP contribution in [0.3, 0.4) is 0 Å². The van der Waals surface area contributed by atoms with Crippen molar-refractivity contribution in [3.63, 3.8) is 0 Å². The van der Waals surface area contributed by atoms with Gasteiger partial charge in [0.15, 0.2) is 0 Å². The molecule has 6 heteroatoms. The van der Waals surface area contributed by atoms with Gasteiger partial charge in [-0.05, 0) is 35.4 Å². The number of piperazine rings is 1. The van der Waals surface area contributed by atoms with Crippen molar-refractivity contribution < 1.29 is 8.42 Å². The van der Waals surface area contributed by atoms with Crippen LogP contribution in [-0.4, -0.2) is 39.5 Å². The van der Waals surface area contributed by atoms with Crippen molar-refractivity contribution in [2.24, 2.45) is 0 Å². The highest BCUT2D eigenvalue weighted by molar-refractivity contribution is 7.95. The molecular weight excluding hydrogens is 418 g/mol. The normalized spacial score (nSPS) is 15.3. The van der Waals surface area contributed by atoms with Crippen molar-refractivity contribution in [1.29, 1.82) is 5.26 Å². The Hall–Kier alpha value is -3.40. The van der Waals surface area contributed by atoms with Gasteiger partial charge in [-0.3, -0.25) is 4.90 Å². The van der Waals surface area contributed by atoms with Gasteiger partial charge in [-0.15, -0.1) is 0 Å². The van der Waals surface area contributed by atoms with Gasteiger partial charge in [0.05, 0.1) is 4.90 Å². The molecule has 1 aliphatic heterocycles. The summed E-state index contributed by atoms with van der Waals surface area (Å²) < 4.78 is 25.9. The van der Waals surface area contributed by atoms with Gasteiger partial charge in [0.1, 0.15) is 11.0 Å². The SMILES string of the molecule is N#CC(=Cc1ccccc1N1CCN(Cc2ccccc2)CC1)S(=O)(=O)c1ccccc1. The molecule has 162 valence electrons. The van der Waals surface area contributed by atoms with Crippen LogP contribution in [0.25, 0.3) is 6.08 Å². The number of nitriles is 1. The summed E-state index contributed by atoms with van der Waals surface area (Å²) in [7, 11) is -3.87. The zero-order chi connectivity index (χ0) is 22.4. The topological polar surface area (TPSA) is 64.4 Å². The number of benzene rings is 3. The monoisotopic (exact) mass is 443 g/mol. The number of nitrogens with zero attached hydrogens (tertiary/aromatic N) is 3. The van der Waals surface area contributed by atoms with Crippen molar-refractivity contribution in [1.82, 2.24) is 4.90 Å². The number of anilines is 1.